The first-order valence-corrected chi connectivity index (χ1v) is 9.63. The number of ether oxygens (including phenoxy) is 1. The van der Waals surface area contributed by atoms with E-state index in [4.69, 9.17) is 4.74 Å². The van der Waals surface area contributed by atoms with E-state index in [1.165, 1.54) is 20.2 Å². The van der Waals surface area contributed by atoms with E-state index in [0.717, 1.165) is 15.4 Å². The van der Waals surface area contributed by atoms with Crippen LogP contribution in [0.2, 0.25) is 0 Å². The molecular formula is C19H24N2O4S. The Balaban J connectivity index is 2.00. The maximum absolute atomic E-state index is 12.4. The highest BCUT2D eigenvalue weighted by atomic mass is 32.2. The lowest BCUT2D eigenvalue weighted by Crippen LogP contribution is -2.30. The van der Waals surface area contributed by atoms with Crippen LogP contribution in [0.1, 0.15) is 16.7 Å². The molecule has 140 valence electrons. The van der Waals surface area contributed by atoms with Crippen LogP contribution >= 0.6 is 0 Å². The van der Waals surface area contributed by atoms with Gasteiger partial charge in [-0.2, -0.15) is 0 Å². The molecule has 0 spiro atoms. The summed E-state index contributed by atoms with van der Waals surface area (Å²) in [5.41, 5.74) is 2.61. The summed E-state index contributed by atoms with van der Waals surface area (Å²) in [4.78, 5) is 12.2. The van der Waals surface area contributed by atoms with Crippen molar-refractivity contribution in [2.24, 2.45) is 0 Å². The highest BCUT2D eigenvalue weighted by Gasteiger charge is 2.20. The number of nitrogens with one attached hydrogen (secondary N) is 1. The van der Waals surface area contributed by atoms with E-state index in [1.807, 2.05) is 32.0 Å². The monoisotopic (exact) mass is 376 g/mol. The zero-order valence-electron chi connectivity index (χ0n) is 15.4. The molecule has 0 unspecified atom stereocenters. The first-order chi connectivity index (χ1) is 12.2. The molecule has 7 heteroatoms. The van der Waals surface area contributed by atoms with E-state index in [0.29, 0.717) is 11.3 Å². The Morgan fingerprint density at radius 2 is 1.81 bits per heavy atom. The summed E-state index contributed by atoms with van der Waals surface area (Å²) < 4.78 is 31.4. The van der Waals surface area contributed by atoms with Crippen LogP contribution in [0, 0.1) is 13.8 Å². The van der Waals surface area contributed by atoms with E-state index >= 15 is 0 Å². The topological polar surface area (TPSA) is 75.7 Å². The smallest absolute Gasteiger partial charge is 0.258 e. The van der Waals surface area contributed by atoms with Gasteiger partial charge in [-0.15, -0.1) is 0 Å². The number of carbonyl (C=O) groups is 1. The van der Waals surface area contributed by atoms with Gasteiger partial charge in [-0.05, 0) is 37.1 Å². The molecule has 0 fully saturated rings. The predicted octanol–water partition coefficient (Wildman–Crippen LogP) is 2.25. The quantitative estimate of drug-likeness (QED) is 0.804. The van der Waals surface area contributed by atoms with E-state index in [2.05, 4.69) is 5.32 Å². The zero-order chi connectivity index (χ0) is 19.3. The fourth-order valence-electron chi connectivity index (χ4n) is 2.45. The average Bonchev–Trinajstić information content (AvgIpc) is 2.59. The maximum atomic E-state index is 12.4. The van der Waals surface area contributed by atoms with Gasteiger partial charge >= 0.3 is 0 Å². The van der Waals surface area contributed by atoms with Gasteiger partial charge in [0.2, 0.25) is 10.0 Å². The Morgan fingerprint density at radius 1 is 1.12 bits per heavy atom. The summed E-state index contributed by atoms with van der Waals surface area (Å²) in [6, 6.07) is 12.3. The summed E-state index contributed by atoms with van der Waals surface area (Å²) in [6.07, 6.45) is 0. The van der Waals surface area contributed by atoms with Crippen molar-refractivity contribution < 1.29 is 17.9 Å². The summed E-state index contributed by atoms with van der Waals surface area (Å²) in [7, 11) is -0.620. The van der Waals surface area contributed by atoms with Crippen LogP contribution in [-0.2, 0) is 21.4 Å². The Labute approximate surface area is 154 Å². The van der Waals surface area contributed by atoms with E-state index in [9.17, 15) is 13.2 Å². The average molecular weight is 376 g/mol. The number of rotatable bonds is 7. The lowest BCUT2D eigenvalue weighted by atomic mass is 10.1. The molecule has 0 aromatic heterocycles. The Bertz CT molecular complexity index is 892. The number of benzene rings is 2. The fourth-order valence-corrected chi connectivity index (χ4v) is 3.56. The minimum atomic E-state index is -3.57. The van der Waals surface area contributed by atoms with Crippen LogP contribution in [0.3, 0.4) is 0 Å². The molecule has 0 bridgehead atoms. The molecule has 0 saturated carbocycles. The second kappa shape index (κ2) is 8.33. The molecule has 26 heavy (non-hydrogen) atoms. The van der Waals surface area contributed by atoms with Crippen LogP contribution in [-0.4, -0.2) is 39.3 Å². The second-order valence-electron chi connectivity index (χ2n) is 6.23. The van der Waals surface area contributed by atoms with Crippen molar-refractivity contribution in [2.75, 3.05) is 20.7 Å². The minimum Gasteiger partial charge on any atom is -0.484 e. The first kappa shape index (κ1) is 19.9. The lowest BCUT2D eigenvalue weighted by molar-refractivity contribution is -0.123. The van der Waals surface area contributed by atoms with Gasteiger partial charge in [0.25, 0.3) is 5.91 Å². The van der Waals surface area contributed by atoms with Crippen LogP contribution in [0.5, 0.6) is 5.75 Å². The molecule has 0 aliphatic carbocycles. The molecule has 1 N–H and O–H groups in total. The van der Waals surface area contributed by atoms with Gasteiger partial charge in [-0.25, -0.2) is 12.7 Å². The highest BCUT2D eigenvalue weighted by Crippen LogP contribution is 2.19. The summed E-state index contributed by atoms with van der Waals surface area (Å²) >= 11 is 0. The van der Waals surface area contributed by atoms with Gasteiger partial charge in [0.05, 0.1) is 4.90 Å². The minimum absolute atomic E-state index is 0.109. The Hall–Kier alpha value is -2.38. The molecule has 0 heterocycles. The van der Waals surface area contributed by atoms with Crippen molar-refractivity contribution in [1.82, 2.24) is 9.62 Å². The molecule has 0 radical (unpaired) electrons. The molecule has 0 aliphatic heterocycles. The SMILES string of the molecule is Cc1ccc(OCC(=O)NCc2ccccc2S(=O)(=O)N(C)C)c(C)c1. The van der Waals surface area contributed by atoms with Crippen LogP contribution in [0.15, 0.2) is 47.4 Å². The molecule has 0 aliphatic rings. The van der Waals surface area contributed by atoms with Crippen molar-refractivity contribution >= 4 is 15.9 Å². The van der Waals surface area contributed by atoms with Crippen molar-refractivity contribution in [3.8, 4) is 5.75 Å². The number of carbonyl (C=O) groups excluding carboxylic acids is 1. The molecule has 0 saturated heterocycles. The van der Waals surface area contributed by atoms with Crippen molar-refractivity contribution in [3.63, 3.8) is 0 Å². The number of aryl methyl sites for hydroxylation is 2. The van der Waals surface area contributed by atoms with Gasteiger partial charge in [0.15, 0.2) is 6.61 Å². The van der Waals surface area contributed by atoms with Crippen LogP contribution < -0.4 is 10.1 Å². The van der Waals surface area contributed by atoms with Crippen molar-refractivity contribution in [2.45, 2.75) is 25.3 Å². The predicted molar refractivity (Wildman–Crippen MR) is 101 cm³/mol. The van der Waals surface area contributed by atoms with E-state index in [1.54, 1.807) is 18.2 Å². The molecule has 6 nitrogen and oxygen atoms in total. The molecule has 0 atom stereocenters. The van der Waals surface area contributed by atoms with Gasteiger partial charge in [-0.1, -0.05) is 35.9 Å². The Kier molecular flexibility index (Phi) is 6.39. The molecule has 2 aromatic rings. The van der Waals surface area contributed by atoms with E-state index < -0.39 is 10.0 Å². The van der Waals surface area contributed by atoms with Crippen molar-refractivity contribution in [3.05, 3.63) is 59.2 Å². The third kappa shape index (κ3) is 4.83. The third-order valence-electron chi connectivity index (χ3n) is 3.90. The highest BCUT2D eigenvalue weighted by molar-refractivity contribution is 7.89. The number of sulfonamides is 1. The Morgan fingerprint density at radius 3 is 2.46 bits per heavy atom. The van der Waals surface area contributed by atoms with Gasteiger partial charge in [0.1, 0.15) is 5.75 Å². The summed E-state index contributed by atoms with van der Waals surface area (Å²) in [5.74, 6) is 0.336. The second-order valence-corrected chi connectivity index (χ2v) is 8.35. The van der Waals surface area contributed by atoms with Crippen LogP contribution in [0.4, 0.5) is 0 Å². The van der Waals surface area contributed by atoms with Crippen LogP contribution in [0.25, 0.3) is 0 Å². The number of hydrogen-bond donors (Lipinski definition) is 1. The lowest BCUT2D eigenvalue weighted by Gasteiger charge is -2.15. The number of hydrogen-bond acceptors (Lipinski definition) is 4. The number of nitrogens with zero attached hydrogens (tertiary/aromatic N) is 1. The summed E-state index contributed by atoms with van der Waals surface area (Å²) in [6.45, 7) is 3.89. The van der Waals surface area contributed by atoms with Crippen molar-refractivity contribution in [1.29, 1.82) is 0 Å². The third-order valence-corrected chi connectivity index (χ3v) is 5.81. The van der Waals surface area contributed by atoms with Gasteiger partial charge in [-0.3, -0.25) is 4.79 Å². The largest absolute Gasteiger partial charge is 0.484 e. The molecule has 2 rings (SSSR count). The maximum Gasteiger partial charge on any atom is 0.258 e. The zero-order valence-corrected chi connectivity index (χ0v) is 16.3. The summed E-state index contributed by atoms with van der Waals surface area (Å²) in [5, 5.41) is 2.70. The van der Waals surface area contributed by atoms with E-state index in [-0.39, 0.29) is 24.0 Å². The molecular weight excluding hydrogens is 352 g/mol. The fraction of sp³-hybridized carbons (Fsp3) is 0.316. The first-order valence-electron chi connectivity index (χ1n) is 8.19. The van der Waals surface area contributed by atoms with Gasteiger partial charge in [0, 0.05) is 20.6 Å². The molecule has 1 amide bonds. The normalized spacial score (nSPS) is 11.4. The number of amides is 1. The molecule has 2 aromatic carbocycles. The van der Waals surface area contributed by atoms with Gasteiger partial charge < -0.3 is 10.1 Å². The standard InChI is InChI=1S/C19H24N2O4S/c1-14-9-10-17(15(2)11-14)25-13-19(22)20-12-16-7-5-6-8-18(16)26(23,24)21(3)4/h5-11H,12-13H2,1-4H3,(H,20,22).